The van der Waals surface area contributed by atoms with Crippen LogP contribution in [0, 0.1) is 5.82 Å². The van der Waals surface area contributed by atoms with Crippen molar-refractivity contribution >= 4 is 10.8 Å². The van der Waals surface area contributed by atoms with Crippen molar-refractivity contribution in [3.05, 3.63) is 82.0 Å². The topological polar surface area (TPSA) is 32.9 Å². The van der Waals surface area contributed by atoms with Crippen molar-refractivity contribution in [2.45, 2.75) is 6.42 Å². The van der Waals surface area contributed by atoms with E-state index in [2.05, 4.69) is 4.98 Å². The summed E-state index contributed by atoms with van der Waals surface area (Å²) in [4.78, 5) is 14.5. The Kier molecular flexibility index (Phi) is 2.88. The SMILES string of the molecule is O=c1[nH]cc(Cc2ccc(F)cc2)c2ccccc12. The van der Waals surface area contributed by atoms with Crippen LogP contribution < -0.4 is 5.56 Å². The molecule has 0 amide bonds. The highest BCUT2D eigenvalue weighted by Crippen LogP contribution is 2.18. The molecule has 0 spiro atoms. The molecule has 3 heteroatoms. The third-order valence-electron chi connectivity index (χ3n) is 3.20. The Morgan fingerprint density at radius 3 is 2.37 bits per heavy atom. The minimum atomic E-state index is -0.241. The lowest BCUT2D eigenvalue weighted by Crippen LogP contribution is -2.07. The Morgan fingerprint density at radius 1 is 0.947 bits per heavy atom. The maximum atomic E-state index is 12.9. The minimum Gasteiger partial charge on any atom is -0.328 e. The van der Waals surface area contributed by atoms with Crippen molar-refractivity contribution in [2.75, 3.05) is 0 Å². The Labute approximate surface area is 109 Å². The average molecular weight is 253 g/mol. The molecule has 0 atom stereocenters. The van der Waals surface area contributed by atoms with E-state index in [1.165, 1.54) is 12.1 Å². The number of nitrogens with one attached hydrogen (secondary N) is 1. The van der Waals surface area contributed by atoms with Crippen LogP contribution in [0.2, 0.25) is 0 Å². The van der Waals surface area contributed by atoms with E-state index in [1.807, 2.05) is 24.3 Å². The smallest absolute Gasteiger partial charge is 0.255 e. The monoisotopic (exact) mass is 253 g/mol. The maximum absolute atomic E-state index is 12.9. The van der Waals surface area contributed by atoms with E-state index in [-0.39, 0.29) is 11.4 Å². The molecule has 1 N–H and O–H groups in total. The highest BCUT2D eigenvalue weighted by atomic mass is 19.1. The second-order valence-electron chi connectivity index (χ2n) is 4.49. The second kappa shape index (κ2) is 4.69. The summed E-state index contributed by atoms with van der Waals surface area (Å²) in [7, 11) is 0. The van der Waals surface area contributed by atoms with E-state index in [9.17, 15) is 9.18 Å². The zero-order chi connectivity index (χ0) is 13.2. The average Bonchev–Trinajstić information content (AvgIpc) is 2.45. The molecule has 94 valence electrons. The molecule has 0 aliphatic heterocycles. The van der Waals surface area contributed by atoms with Gasteiger partial charge >= 0.3 is 0 Å². The highest BCUT2D eigenvalue weighted by molar-refractivity contribution is 5.84. The molecule has 3 rings (SSSR count). The predicted molar refractivity (Wildman–Crippen MR) is 73.8 cm³/mol. The first-order valence-corrected chi connectivity index (χ1v) is 6.08. The molecule has 19 heavy (non-hydrogen) atoms. The molecule has 0 aliphatic carbocycles. The Hall–Kier alpha value is -2.42. The van der Waals surface area contributed by atoms with Crippen molar-refractivity contribution < 1.29 is 4.39 Å². The quantitative estimate of drug-likeness (QED) is 0.747. The van der Waals surface area contributed by atoms with Gasteiger partial charge in [-0.05, 0) is 41.1 Å². The van der Waals surface area contributed by atoms with Crippen LogP contribution >= 0.6 is 0 Å². The number of halogens is 1. The summed E-state index contributed by atoms with van der Waals surface area (Å²) in [5, 5.41) is 1.62. The van der Waals surface area contributed by atoms with E-state index in [0.717, 1.165) is 16.5 Å². The number of rotatable bonds is 2. The lowest BCUT2D eigenvalue weighted by atomic mass is 10.0. The number of pyridine rings is 1. The van der Waals surface area contributed by atoms with E-state index in [0.29, 0.717) is 11.8 Å². The number of H-pyrrole nitrogens is 1. The largest absolute Gasteiger partial charge is 0.328 e. The van der Waals surface area contributed by atoms with Crippen LogP contribution in [-0.4, -0.2) is 4.98 Å². The summed E-state index contributed by atoms with van der Waals surface area (Å²) < 4.78 is 12.9. The fourth-order valence-corrected chi connectivity index (χ4v) is 2.24. The van der Waals surface area contributed by atoms with Crippen molar-refractivity contribution in [1.82, 2.24) is 4.98 Å². The van der Waals surface area contributed by atoms with Crippen molar-refractivity contribution in [2.24, 2.45) is 0 Å². The summed E-state index contributed by atoms with van der Waals surface area (Å²) in [6.07, 6.45) is 2.39. The van der Waals surface area contributed by atoms with Gasteiger partial charge in [-0.1, -0.05) is 30.3 Å². The van der Waals surface area contributed by atoms with Crippen LogP contribution in [0.5, 0.6) is 0 Å². The molecule has 2 aromatic carbocycles. The van der Waals surface area contributed by atoms with Gasteiger partial charge in [0.2, 0.25) is 0 Å². The van der Waals surface area contributed by atoms with Crippen LogP contribution in [0.3, 0.4) is 0 Å². The van der Waals surface area contributed by atoms with Gasteiger partial charge in [-0.3, -0.25) is 4.79 Å². The third-order valence-corrected chi connectivity index (χ3v) is 3.20. The van der Waals surface area contributed by atoms with Crippen molar-refractivity contribution in [3.63, 3.8) is 0 Å². The summed E-state index contributed by atoms with van der Waals surface area (Å²) in [6, 6.07) is 13.9. The van der Waals surface area contributed by atoms with Gasteiger partial charge in [0.25, 0.3) is 5.56 Å². The van der Waals surface area contributed by atoms with Crippen molar-refractivity contribution in [3.8, 4) is 0 Å². The number of fused-ring (bicyclic) bond motifs is 1. The van der Waals surface area contributed by atoms with Crippen LogP contribution in [0.15, 0.2) is 59.5 Å². The number of aromatic nitrogens is 1. The first kappa shape index (κ1) is 11.7. The number of benzene rings is 2. The van der Waals surface area contributed by atoms with Gasteiger partial charge in [0.15, 0.2) is 0 Å². The zero-order valence-electron chi connectivity index (χ0n) is 10.2. The molecule has 0 radical (unpaired) electrons. The maximum Gasteiger partial charge on any atom is 0.255 e. The summed E-state index contributed by atoms with van der Waals surface area (Å²) in [6.45, 7) is 0. The van der Waals surface area contributed by atoms with Gasteiger partial charge < -0.3 is 4.98 Å². The minimum absolute atomic E-state index is 0.0848. The van der Waals surface area contributed by atoms with E-state index >= 15 is 0 Å². The van der Waals surface area contributed by atoms with E-state index < -0.39 is 0 Å². The Morgan fingerprint density at radius 2 is 1.63 bits per heavy atom. The van der Waals surface area contributed by atoms with E-state index in [1.54, 1.807) is 18.3 Å². The Balaban J connectivity index is 2.08. The van der Waals surface area contributed by atoms with Gasteiger partial charge in [-0.2, -0.15) is 0 Å². The van der Waals surface area contributed by atoms with Crippen LogP contribution in [0.1, 0.15) is 11.1 Å². The lowest BCUT2D eigenvalue weighted by Gasteiger charge is -2.06. The molecule has 0 unspecified atom stereocenters. The molecule has 0 bridgehead atoms. The standard InChI is InChI=1S/C16H12FNO/c17-13-7-5-11(6-8-13)9-12-10-18-16(19)15-4-2-1-3-14(12)15/h1-8,10H,9H2,(H,18,19). The molecule has 0 fully saturated rings. The summed E-state index contributed by atoms with van der Waals surface area (Å²) in [5.41, 5.74) is 1.96. The second-order valence-corrected chi connectivity index (χ2v) is 4.49. The first-order chi connectivity index (χ1) is 9.24. The molecule has 0 saturated carbocycles. The molecule has 3 aromatic rings. The van der Waals surface area contributed by atoms with Crippen LogP contribution in [0.25, 0.3) is 10.8 Å². The third kappa shape index (κ3) is 2.27. The molecular formula is C16H12FNO. The first-order valence-electron chi connectivity index (χ1n) is 6.08. The van der Waals surface area contributed by atoms with Crippen molar-refractivity contribution in [1.29, 1.82) is 0 Å². The highest BCUT2D eigenvalue weighted by Gasteiger charge is 2.05. The normalized spacial score (nSPS) is 10.8. The lowest BCUT2D eigenvalue weighted by molar-refractivity contribution is 0.627. The van der Waals surface area contributed by atoms with Gasteiger partial charge in [0, 0.05) is 11.6 Å². The van der Waals surface area contributed by atoms with Crippen LogP contribution in [0.4, 0.5) is 4.39 Å². The zero-order valence-corrected chi connectivity index (χ0v) is 10.2. The summed E-state index contributed by atoms with van der Waals surface area (Å²) in [5.74, 6) is -0.241. The Bertz CT molecular complexity index is 775. The molecule has 0 aliphatic rings. The van der Waals surface area contributed by atoms with Gasteiger partial charge in [-0.25, -0.2) is 4.39 Å². The van der Waals surface area contributed by atoms with E-state index in [4.69, 9.17) is 0 Å². The fourth-order valence-electron chi connectivity index (χ4n) is 2.24. The number of hydrogen-bond donors (Lipinski definition) is 1. The van der Waals surface area contributed by atoms with Crippen LogP contribution in [-0.2, 0) is 6.42 Å². The number of hydrogen-bond acceptors (Lipinski definition) is 1. The predicted octanol–water partition coefficient (Wildman–Crippen LogP) is 3.26. The van der Waals surface area contributed by atoms with Gasteiger partial charge in [-0.15, -0.1) is 0 Å². The molecule has 1 aromatic heterocycles. The molecule has 1 heterocycles. The van der Waals surface area contributed by atoms with Gasteiger partial charge in [0.1, 0.15) is 5.82 Å². The molecule has 0 saturated heterocycles. The summed E-state index contributed by atoms with van der Waals surface area (Å²) >= 11 is 0. The molecule has 2 nitrogen and oxygen atoms in total. The number of aromatic amines is 1. The molecular weight excluding hydrogens is 241 g/mol. The van der Waals surface area contributed by atoms with Gasteiger partial charge in [0.05, 0.1) is 0 Å². The fraction of sp³-hybridized carbons (Fsp3) is 0.0625.